The molecule has 0 bridgehead atoms. The van der Waals surface area contributed by atoms with Crippen LogP contribution < -0.4 is 10.5 Å². The highest BCUT2D eigenvalue weighted by atomic mass is 19.1. The molecular formula is C10H13F2NO2. The van der Waals surface area contributed by atoms with Crippen molar-refractivity contribution in [3.8, 4) is 5.75 Å². The third-order valence-electron chi connectivity index (χ3n) is 1.89. The van der Waals surface area contributed by atoms with Crippen molar-refractivity contribution in [2.45, 2.75) is 6.92 Å². The topological polar surface area (TPSA) is 55.5 Å². The Morgan fingerprint density at radius 1 is 1.40 bits per heavy atom. The Kier molecular flexibility index (Phi) is 3.85. The highest BCUT2D eigenvalue weighted by Crippen LogP contribution is 2.23. The summed E-state index contributed by atoms with van der Waals surface area (Å²) in [5.41, 5.74) is 4.91. The van der Waals surface area contributed by atoms with Gasteiger partial charge in [-0.05, 0) is 0 Å². The number of hydrogen-bond acceptors (Lipinski definition) is 3. The van der Waals surface area contributed by atoms with Crippen LogP contribution in [0.1, 0.15) is 6.92 Å². The van der Waals surface area contributed by atoms with E-state index in [4.69, 9.17) is 15.6 Å². The van der Waals surface area contributed by atoms with Crippen molar-refractivity contribution in [2.75, 3.05) is 18.9 Å². The second kappa shape index (κ2) is 4.93. The predicted octanol–water partition coefficient (Wildman–Crippen LogP) is 1.55. The zero-order valence-electron chi connectivity index (χ0n) is 8.34. The molecule has 5 heteroatoms. The lowest BCUT2D eigenvalue weighted by atomic mass is 10.2. The number of ether oxygens (including phenoxy) is 1. The molecule has 1 atom stereocenters. The van der Waals surface area contributed by atoms with Gasteiger partial charge >= 0.3 is 0 Å². The summed E-state index contributed by atoms with van der Waals surface area (Å²) in [6.07, 6.45) is 0. The van der Waals surface area contributed by atoms with Crippen LogP contribution in [-0.4, -0.2) is 18.3 Å². The Balaban J connectivity index is 2.73. The van der Waals surface area contributed by atoms with E-state index >= 15 is 0 Å². The lowest BCUT2D eigenvalue weighted by Gasteiger charge is -2.11. The van der Waals surface area contributed by atoms with Crippen LogP contribution in [0.15, 0.2) is 12.1 Å². The van der Waals surface area contributed by atoms with Crippen molar-refractivity contribution in [3.63, 3.8) is 0 Å². The standard InChI is InChI=1S/C10H13F2NO2/c1-6(4-14)5-15-10-3-7(11)9(13)2-8(10)12/h2-3,6,14H,4-5,13H2,1H3. The molecule has 1 unspecified atom stereocenters. The normalized spacial score (nSPS) is 12.5. The van der Waals surface area contributed by atoms with Gasteiger partial charge in [0.25, 0.3) is 0 Å². The Morgan fingerprint density at radius 3 is 2.67 bits per heavy atom. The number of aliphatic hydroxyl groups is 1. The van der Waals surface area contributed by atoms with Crippen molar-refractivity contribution in [1.29, 1.82) is 0 Å². The molecule has 15 heavy (non-hydrogen) atoms. The quantitative estimate of drug-likeness (QED) is 0.752. The molecule has 0 saturated heterocycles. The minimum Gasteiger partial charge on any atom is -0.490 e. The van der Waals surface area contributed by atoms with E-state index in [1.54, 1.807) is 6.92 Å². The van der Waals surface area contributed by atoms with Crippen LogP contribution in [0.3, 0.4) is 0 Å². The van der Waals surface area contributed by atoms with Gasteiger partial charge in [-0.25, -0.2) is 8.78 Å². The number of hydrogen-bond donors (Lipinski definition) is 2. The van der Waals surface area contributed by atoms with Crippen LogP contribution >= 0.6 is 0 Å². The molecule has 0 fully saturated rings. The highest BCUT2D eigenvalue weighted by Gasteiger charge is 2.10. The highest BCUT2D eigenvalue weighted by molar-refractivity contribution is 5.44. The van der Waals surface area contributed by atoms with Gasteiger partial charge in [0.2, 0.25) is 0 Å². The maximum atomic E-state index is 13.2. The van der Waals surface area contributed by atoms with Crippen molar-refractivity contribution in [1.82, 2.24) is 0 Å². The largest absolute Gasteiger partial charge is 0.490 e. The summed E-state index contributed by atoms with van der Waals surface area (Å²) < 4.78 is 31.1. The maximum Gasteiger partial charge on any atom is 0.167 e. The first-order valence-corrected chi connectivity index (χ1v) is 4.52. The number of aliphatic hydroxyl groups excluding tert-OH is 1. The second-order valence-electron chi connectivity index (χ2n) is 3.40. The molecule has 0 aliphatic heterocycles. The molecule has 0 heterocycles. The summed E-state index contributed by atoms with van der Waals surface area (Å²) in [6.45, 7) is 1.78. The lowest BCUT2D eigenvalue weighted by Crippen LogP contribution is -2.13. The fourth-order valence-electron chi connectivity index (χ4n) is 0.939. The lowest BCUT2D eigenvalue weighted by molar-refractivity contribution is 0.170. The average Bonchev–Trinajstić information content (AvgIpc) is 2.21. The summed E-state index contributed by atoms with van der Waals surface area (Å²) in [4.78, 5) is 0. The van der Waals surface area contributed by atoms with Gasteiger partial charge in [0.1, 0.15) is 5.82 Å². The van der Waals surface area contributed by atoms with Crippen molar-refractivity contribution in [3.05, 3.63) is 23.8 Å². The first-order chi connectivity index (χ1) is 7.04. The molecule has 3 nitrogen and oxygen atoms in total. The Hall–Kier alpha value is -1.36. The van der Waals surface area contributed by atoms with Crippen LogP contribution in [0, 0.1) is 17.6 Å². The smallest absolute Gasteiger partial charge is 0.167 e. The minimum absolute atomic E-state index is 0.0704. The third kappa shape index (κ3) is 3.06. The van der Waals surface area contributed by atoms with Gasteiger partial charge in [-0.3, -0.25) is 0 Å². The molecule has 0 aliphatic rings. The van der Waals surface area contributed by atoms with Gasteiger partial charge in [0.05, 0.1) is 12.3 Å². The summed E-state index contributed by atoms with van der Waals surface area (Å²) >= 11 is 0. The van der Waals surface area contributed by atoms with Crippen LogP contribution in [0.5, 0.6) is 5.75 Å². The first-order valence-electron chi connectivity index (χ1n) is 4.52. The van der Waals surface area contributed by atoms with Crippen molar-refractivity contribution < 1.29 is 18.6 Å². The van der Waals surface area contributed by atoms with Crippen LogP contribution in [0.2, 0.25) is 0 Å². The van der Waals surface area contributed by atoms with E-state index in [1.807, 2.05) is 0 Å². The zero-order chi connectivity index (χ0) is 11.4. The molecule has 0 amide bonds. The van der Waals surface area contributed by atoms with Gasteiger partial charge in [0, 0.05) is 24.7 Å². The van der Waals surface area contributed by atoms with E-state index < -0.39 is 11.6 Å². The van der Waals surface area contributed by atoms with E-state index in [2.05, 4.69) is 0 Å². The van der Waals surface area contributed by atoms with Gasteiger partial charge in [-0.15, -0.1) is 0 Å². The Bertz CT molecular complexity index is 344. The molecule has 84 valence electrons. The third-order valence-corrected chi connectivity index (χ3v) is 1.89. The van der Waals surface area contributed by atoms with Gasteiger partial charge in [-0.2, -0.15) is 0 Å². The van der Waals surface area contributed by atoms with Crippen LogP contribution in [0.4, 0.5) is 14.5 Å². The monoisotopic (exact) mass is 217 g/mol. The number of rotatable bonds is 4. The Morgan fingerprint density at radius 2 is 2.07 bits per heavy atom. The van der Waals surface area contributed by atoms with E-state index in [0.29, 0.717) is 0 Å². The molecule has 0 spiro atoms. The first kappa shape index (κ1) is 11.7. The zero-order valence-corrected chi connectivity index (χ0v) is 8.34. The van der Waals surface area contributed by atoms with E-state index in [0.717, 1.165) is 12.1 Å². The molecule has 3 N–H and O–H groups in total. The van der Waals surface area contributed by atoms with Crippen LogP contribution in [0.25, 0.3) is 0 Å². The molecule has 1 rings (SSSR count). The number of anilines is 1. The summed E-state index contributed by atoms with van der Waals surface area (Å²) in [5, 5.41) is 8.71. The number of nitrogens with two attached hydrogens (primary N) is 1. The second-order valence-corrected chi connectivity index (χ2v) is 3.40. The molecule has 0 aromatic heterocycles. The summed E-state index contributed by atoms with van der Waals surface area (Å²) in [7, 11) is 0. The van der Waals surface area contributed by atoms with E-state index in [9.17, 15) is 8.78 Å². The van der Waals surface area contributed by atoms with E-state index in [-0.39, 0.29) is 30.6 Å². The fraction of sp³-hybridized carbons (Fsp3) is 0.400. The number of nitrogen functional groups attached to an aromatic ring is 1. The molecule has 0 saturated carbocycles. The Labute approximate surface area is 86.5 Å². The molecule has 1 aromatic rings. The predicted molar refractivity (Wildman–Crippen MR) is 52.5 cm³/mol. The van der Waals surface area contributed by atoms with Gasteiger partial charge in [0.15, 0.2) is 11.6 Å². The van der Waals surface area contributed by atoms with E-state index in [1.165, 1.54) is 0 Å². The van der Waals surface area contributed by atoms with Crippen molar-refractivity contribution in [2.24, 2.45) is 5.92 Å². The van der Waals surface area contributed by atoms with Crippen molar-refractivity contribution >= 4 is 5.69 Å². The maximum absolute atomic E-state index is 13.2. The SMILES string of the molecule is CC(CO)COc1cc(F)c(N)cc1F. The fourth-order valence-corrected chi connectivity index (χ4v) is 0.939. The molecule has 0 radical (unpaired) electrons. The molecule has 1 aromatic carbocycles. The van der Waals surface area contributed by atoms with Gasteiger partial charge in [-0.1, -0.05) is 6.92 Å². The van der Waals surface area contributed by atoms with Crippen LogP contribution in [-0.2, 0) is 0 Å². The minimum atomic E-state index is -0.719. The summed E-state index contributed by atoms with van der Waals surface area (Å²) in [6, 6.07) is 1.77. The summed E-state index contributed by atoms with van der Waals surface area (Å²) in [5.74, 6) is -1.76. The van der Waals surface area contributed by atoms with Gasteiger partial charge < -0.3 is 15.6 Å². The average molecular weight is 217 g/mol. The molecule has 0 aliphatic carbocycles. The molecular weight excluding hydrogens is 204 g/mol. The number of benzene rings is 1. The number of halogens is 2.